The van der Waals surface area contributed by atoms with Crippen LogP contribution >= 0.6 is 0 Å². The number of aliphatic hydroxyl groups is 1. The zero-order valence-electron chi connectivity index (χ0n) is 7.56. The van der Waals surface area contributed by atoms with Crippen LogP contribution in [0.3, 0.4) is 0 Å². The molecule has 2 aromatic rings. The molecule has 1 N–H and O–H groups in total. The topological polar surface area (TPSA) is 42.6 Å². The summed E-state index contributed by atoms with van der Waals surface area (Å²) < 4.78 is 10.7. The van der Waals surface area contributed by atoms with Gasteiger partial charge in [-0.05, 0) is 24.1 Å². The van der Waals surface area contributed by atoms with Crippen molar-refractivity contribution in [2.45, 2.75) is 19.1 Å². The molecule has 1 aliphatic heterocycles. The molecule has 3 rings (SSSR count). The van der Waals surface area contributed by atoms with Gasteiger partial charge in [0.1, 0.15) is 11.3 Å². The van der Waals surface area contributed by atoms with Crippen LogP contribution in [0.1, 0.15) is 12.0 Å². The zero-order valence-corrected chi connectivity index (χ0v) is 7.56. The Labute approximate surface area is 80.9 Å². The van der Waals surface area contributed by atoms with E-state index in [0.29, 0.717) is 6.42 Å². The monoisotopic (exact) mass is 190 g/mol. The molecule has 1 aromatic carbocycles. The van der Waals surface area contributed by atoms with Crippen LogP contribution < -0.4 is 4.74 Å². The van der Waals surface area contributed by atoms with E-state index < -0.39 is 6.29 Å². The first-order chi connectivity index (χ1) is 6.84. The number of ether oxygens (including phenoxy) is 1. The molecule has 1 aliphatic rings. The van der Waals surface area contributed by atoms with Crippen molar-refractivity contribution < 1.29 is 14.3 Å². The van der Waals surface area contributed by atoms with Crippen LogP contribution in [0.4, 0.5) is 0 Å². The van der Waals surface area contributed by atoms with Crippen molar-refractivity contribution in [1.29, 1.82) is 0 Å². The third-order valence-electron chi connectivity index (χ3n) is 2.58. The van der Waals surface area contributed by atoms with E-state index in [1.807, 2.05) is 18.2 Å². The number of aliphatic hydroxyl groups excluding tert-OH is 1. The van der Waals surface area contributed by atoms with E-state index in [4.69, 9.17) is 9.15 Å². The standard InChI is InChI=1S/C11H10O3/c12-10-4-2-7-1-3-9-8(5-6-13-9)11(7)14-10/h1,3,5-6,10,12H,2,4H2. The number of rotatable bonds is 0. The summed E-state index contributed by atoms with van der Waals surface area (Å²) in [7, 11) is 0. The Kier molecular flexibility index (Phi) is 1.55. The highest BCUT2D eigenvalue weighted by atomic mass is 16.6. The highest BCUT2D eigenvalue weighted by molar-refractivity contribution is 5.85. The maximum absolute atomic E-state index is 9.40. The smallest absolute Gasteiger partial charge is 0.197 e. The number of aryl methyl sites for hydroxylation is 1. The van der Waals surface area contributed by atoms with Crippen LogP contribution in [0.2, 0.25) is 0 Å². The molecule has 72 valence electrons. The van der Waals surface area contributed by atoms with Crippen molar-refractivity contribution >= 4 is 11.0 Å². The third kappa shape index (κ3) is 1.02. The van der Waals surface area contributed by atoms with Gasteiger partial charge < -0.3 is 14.3 Å². The Morgan fingerprint density at radius 3 is 3.14 bits per heavy atom. The molecule has 0 amide bonds. The number of furan rings is 1. The summed E-state index contributed by atoms with van der Waals surface area (Å²) in [6, 6.07) is 5.80. The quantitative estimate of drug-likeness (QED) is 0.691. The van der Waals surface area contributed by atoms with Crippen LogP contribution in [0.5, 0.6) is 5.75 Å². The molecule has 0 saturated carbocycles. The second kappa shape index (κ2) is 2.75. The molecule has 0 fully saturated rings. The number of hydrogen-bond donors (Lipinski definition) is 1. The molecule has 0 spiro atoms. The van der Waals surface area contributed by atoms with Gasteiger partial charge in [-0.1, -0.05) is 6.07 Å². The average Bonchev–Trinajstić information content (AvgIpc) is 2.65. The van der Waals surface area contributed by atoms with E-state index in [-0.39, 0.29) is 0 Å². The summed E-state index contributed by atoms with van der Waals surface area (Å²) in [5, 5.41) is 10.3. The maximum Gasteiger partial charge on any atom is 0.197 e. The number of hydrogen-bond acceptors (Lipinski definition) is 3. The van der Waals surface area contributed by atoms with E-state index >= 15 is 0 Å². The summed E-state index contributed by atoms with van der Waals surface area (Å²) in [6.07, 6.45) is 2.48. The molecule has 1 unspecified atom stereocenters. The van der Waals surface area contributed by atoms with Gasteiger partial charge in [0.2, 0.25) is 0 Å². The van der Waals surface area contributed by atoms with E-state index in [1.165, 1.54) is 0 Å². The fourth-order valence-corrected chi connectivity index (χ4v) is 1.87. The lowest BCUT2D eigenvalue weighted by Gasteiger charge is -2.22. The van der Waals surface area contributed by atoms with Gasteiger partial charge in [-0.3, -0.25) is 0 Å². The van der Waals surface area contributed by atoms with E-state index in [9.17, 15) is 5.11 Å². The van der Waals surface area contributed by atoms with Gasteiger partial charge >= 0.3 is 0 Å². The normalized spacial score (nSPS) is 20.5. The SMILES string of the molecule is OC1CCc2ccc3occc3c2O1. The average molecular weight is 190 g/mol. The van der Waals surface area contributed by atoms with E-state index in [1.54, 1.807) is 6.26 Å². The van der Waals surface area contributed by atoms with Gasteiger partial charge in [0.05, 0.1) is 11.6 Å². The van der Waals surface area contributed by atoms with Crippen LogP contribution in [0, 0.1) is 0 Å². The van der Waals surface area contributed by atoms with Gasteiger partial charge in [-0.25, -0.2) is 0 Å². The van der Waals surface area contributed by atoms with Crippen molar-refractivity contribution in [3.63, 3.8) is 0 Å². The molecule has 14 heavy (non-hydrogen) atoms. The minimum Gasteiger partial charge on any atom is -0.464 e. The molecule has 3 nitrogen and oxygen atoms in total. The minimum atomic E-state index is -0.678. The van der Waals surface area contributed by atoms with Crippen LogP contribution in [-0.4, -0.2) is 11.4 Å². The molecular weight excluding hydrogens is 180 g/mol. The molecular formula is C11H10O3. The number of benzene rings is 1. The summed E-state index contributed by atoms with van der Waals surface area (Å²) in [4.78, 5) is 0. The van der Waals surface area contributed by atoms with Crippen molar-refractivity contribution in [1.82, 2.24) is 0 Å². The van der Waals surface area contributed by atoms with Gasteiger partial charge in [-0.15, -0.1) is 0 Å². The van der Waals surface area contributed by atoms with Gasteiger partial charge in [0.25, 0.3) is 0 Å². The summed E-state index contributed by atoms with van der Waals surface area (Å²) >= 11 is 0. The predicted molar refractivity (Wildman–Crippen MR) is 51.2 cm³/mol. The summed E-state index contributed by atoms with van der Waals surface area (Å²) in [5.41, 5.74) is 1.95. The lowest BCUT2D eigenvalue weighted by molar-refractivity contribution is -0.0304. The van der Waals surface area contributed by atoms with E-state index in [0.717, 1.165) is 28.7 Å². The lowest BCUT2D eigenvalue weighted by Crippen LogP contribution is -2.21. The highest BCUT2D eigenvalue weighted by Gasteiger charge is 2.20. The fraction of sp³-hybridized carbons (Fsp3) is 0.273. The van der Waals surface area contributed by atoms with Crippen LogP contribution in [-0.2, 0) is 6.42 Å². The van der Waals surface area contributed by atoms with Crippen molar-refractivity contribution in [3.8, 4) is 5.75 Å². The minimum absolute atomic E-state index is 0.663. The molecule has 0 bridgehead atoms. The predicted octanol–water partition coefficient (Wildman–Crippen LogP) is 2.08. The molecule has 1 aromatic heterocycles. The summed E-state index contributed by atoms with van der Waals surface area (Å²) in [6.45, 7) is 0. The first kappa shape index (κ1) is 7.88. The lowest BCUT2D eigenvalue weighted by atomic mass is 10.0. The molecule has 3 heteroatoms. The first-order valence-corrected chi connectivity index (χ1v) is 4.68. The fourth-order valence-electron chi connectivity index (χ4n) is 1.87. The Morgan fingerprint density at radius 2 is 2.21 bits per heavy atom. The molecule has 1 atom stereocenters. The van der Waals surface area contributed by atoms with Gasteiger partial charge in [0, 0.05) is 6.42 Å². The Morgan fingerprint density at radius 1 is 1.29 bits per heavy atom. The molecule has 0 radical (unpaired) electrons. The third-order valence-corrected chi connectivity index (χ3v) is 2.58. The van der Waals surface area contributed by atoms with Gasteiger partial charge in [0.15, 0.2) is 6.29 Å². The maximum atomic E-state index is 9.40. The Hall–Kier alpha value is -1.48. The molecule has 0 saturated heterocycles. The summed E-state index contributed by atoms with van der Waals surface area (Å²) in [5.74, 6) is 0.773. The van der Waals surface area contributed by atoms with Crippen LogP contribution in [0.25, 0.3) is 11.0 Å². The van der Waals surface area contributed by atoms with Crippen molar-refractivity contribution in [2.75, 3.05) is 0 Å². The van der Waals surface area contributed by atoms with Crippen LogP contribution in [0.15, 0.2) is 28.9 Å². The van der Waals surface area contributed by atoms with Crippen molar-refractivity contribution in [2.24, 2.45) is 0 Å². The Balaban J connectivity index is 2.26. The van der Waals surface area contributed by atoms with Crippen molar-refractivity contribution in [3.05, 3.63) is 30.0 Å². The second-order valence-electron chi connectivity index (χ2n) is 3.50. The molecule has 2 heterocycles. The second-order valence-corrected chi connectivity index (χ2v) is 3.50. The Bertz CT molecular complexity index is 472. The number of fused-ring (bicyclic) bond motifs is 3. The molecule has 0 aliphatic carbocycles. The largest absolute Gasteiger partial charge is 0.464 e. The zero-order chi connectivity index (χ0) is 9.54. The van der Waals surface area contributed by atoms with Gasteiger partial charge in [-0.2, -0.15) is 0 Å². The highest BCUT2D eigenvalue weighted by Crippen LogP contribution is 2.35. The van der Waals surface area contributed by atoms with E-state index in [2.05, 4.69) is 0 Å². The first-order valence-electron chi connectivity index (χ1n) is 4.68.